The maximum absolute atomic E-state index is 13.3. The number of aromatic nitrogens is 3. The Morgan fingerprint density at radius 2 is 1.64 bits per heavy atom. The molecule has 0 aliphatic heterocycles. The third-order valence-electron chi connectivity index (χ3n) is 6.54. The molecule has 3 aromatic carbocycles. The van der Waals surface area contributed by atoms with E-state index in [1.54, 1.807) is 0 Å². The summed E-state index contributed by atoms with van der Waals surface area (Å²) in [5, 5.41) is 8.61. The standard InChI is InChI=1S/C31H30N4O/c1-21-11-14-25(15-12-21)35-23(3)28(20-33-35)30-19-27(26-18-22(2)13-16-29(26)34-30)31(36)32-17-7-10-24-8-5-4-6-9-24/h4-6,8-9,11-16,18-20H,7,10,17H2,1-3H3,(H,32,36). The summed E-state index contributed by atoms with van der Waals surface area (Å²) in [5.41, 5.74) is 8.65. The van der Waals surface area contributed by atoms with Crippen LogP contribution in [-0.4, -0.2) is 27.2 Å². The summed E-state index contributed by atoms with van der Waals surface area (Å²) < 4.78 is 1.92. The molecule has 0 bridgehead atoms. The summed E-state index contributed by atoms with van der Waals surface area (Å²) in [7, 11) is 0. The van der Waals surface area contributed by atoms with Crippen molar-refractivity contribution in [1.82, 2.24) is 20.1 Å². The Bertz CT molecular complexity index is 1520. The second kappa shape index (κ2) is 10.2. The number of nitrogens with zero attached hydrogens (tertiary/aromatic N) is 3. The van der Waals surface area contributed by atoms with Gasteiger partial charge in [-0.2, -0.15) is 5.10 Å². The Morgan fingerprint density at radius 3 is 2.42 bits per heavy atom. The molecule has 0 spiro atoms. The summed E-state index contributed by atoms with van der Waals surface area (Å²) >= 11 is 0. The summed E-state index contributed by atoms with van der Waals surface area (Å²) in [6.07, 6.45) is 3.64. The average Bonchev–Trinajstić information content (AvgIpc) is 3.28. The molecule has 5 aromatic rings. The predicted molar refractivity (Wildman–Crippen MR) is 146 cm³/mol. The van der Waals surface area contributed by atoms with E-state index < -0.39 is 0 Å². The molecule has 5 rings (SSSR count). The Labute approximate surface area is 211 Å². The van der Waals surface area contributed by atoms with Gasteiger partial charge in [-0.1, -0.05) is 59.7 Å². The highest BCUT2D eigenvalue weighted by atomic mass is 16.1. The zero-order chi connectivity index (χ0) is 25.1. The Kier molecular flexibility index (Phi) is 6.63. The van der Waals surface area contributed by atoms with Gasteiger partial charge in [0.15, 0.2) is 0 Å². The number of amides is 1. The van der Waals surface area contributed by atoms with Crippen LogP contribution in [0.3, 0.4) is 0 Å². The molecule has 0 aliphatic carbocycles. The van der Waals surface area contributed by atoms with E-state index in [0.717, 1.165) is 51.9 Å². The highest BCUT2D eigenvalue weighted by molar-refractivity contribution is 6.07. The van der Waals surface area contributed by atoms with Crippen LogP contribution in [0.25, 0.3) is 27.8 Å². The number of rotatable bonds is 7. The zero-order valence-electron chi connectivity index (χ0n) is 21.0. The van der Waals surface area contributed by atoms with E-state index in [2.05, 4.69) is 53.7 Å². The third-order valence-corrected chi connectivity index (χ3v) is 6.54. The van der Waals surface area contributed by atoms with Crippen LogP contribution in [0.1, 0.15) is 39.2 Å². The topological polar surface area (TPSA) is 59.8 Å². The van der Waals surface area contributed by atoms with Gasteiger partial charge in [0.05, 0.1) is 34.4 Å². The minimum atomic E-state index is -0.0779. The first-order valence-corrected chi connectivity index (χ1v) is 12.3. The number of aryl methyl sites for hydroxylation is 3. The van der Waals surface area contributed by atoms with Crippen LogP contribution in [0, 0.1) is 20.8 Å². The maximum Gasteiger partial charge on any atom is 0.252 e. The van der Waals surface area contributed by atoms with Crippen molar-refractivity contribution in [2.75, 3.05) is 6.54 Å². The van der Waals surface area contributed by atoms with Crippen molar-refractivity contribution < 1.29 is 4.79 Å². The van der Waals surface area contributed by atoms with Crippen LogP contribution in [0.2, 0.25) is 0 Å². The van der Waals surface area contributed by atoms with E-state index in [0.29, 0.717) is 12.1 Å². The monoisotopic (exact) mass is 474 g/mol. The van der Waals surface area contributed by atoms with Crippen molar-refractivity contribution >= 4 is 16.8 Å². The highest BCUT2D eigenvalue weighted by Crippen LogP contribution is 2.29. The van der Waals surface area contributed by atoms with Crippen LogP contribution < -0.4 is 5.32 Å². The molecule has 5 heteroatoms. The Morgan fingerprint density at radius 1 is 0.889 bits per heavy atom. The Balaban J connectivity index is 1.44. The lowest BCUT2D eigenvalue weighted by Crippen LogP contribution is -2.25. The van der Waals surface area contributed by atoms with Gasteiger partial charge in [-0.3, -0.25) is 4.79 Å². The number of nitrogens with one attached hydrogen (secondary N) is 1. The molecule has 1 amide bonds. The fourth-order valence-corrected chi connectivity index (χ4v) is 4.51. The van der Waals surface area contributed by atoms with Crippen LogP contribution in [0.15, 0.2) is 85.1 Å². The summed E-state index contributed by atoms with van der Waals surface area (Å²) in [5.74, 6) is -0.0779. The van der Waals surface area contributed by atoms with Crippen LogP contribution in [-0.2, 0) is 6.42 Å². The van der Waals surface area contributed by atoms with E-state index in [1.807, 2.05) is 67.2 Å². The molecule has 0 saturated heterocycles. The molecule has 0 atom stereocenters. The third kappa shape index (κ3) is 4.91. The number of carbonyl (C=O) groups excluding carboxylic acids is 1. The summed E-state index contributed by atoms with van der Waals surface area (Å²) in [6.45, 7) is 6.75. The molecule has 180 valence electrons. The number of benzene rings is 3. The van der Waals surface area contributed by atoms with Gasteiger partial charge in [0.25, 0.3) is 5.91 Å². The van der Waals surface area contributed by atoms with E-state index in [-0.39, 0.29) is 5.91 Å². The smallest absolute Gasteiger partial charge is 0.252 e. The molecule has 2 heterocycles. The molecule has 1 N–H and O–H groups in total. The minimum absolute atomic E-state index is 0.0779. The largest absolute Gasteiger partial charge is 0.352 e. The fourth-order valence-electron chi connectivity index (χ4n) is 4.51. The maximum atomic E-state index is 13.3. The fraction of sp³-hybridized carbons (Fsp3) is 0.194. The van der Waals surface area contributed by atoms with E-state index in [9.17, 15) is 4.79 Å². The van der Waals surface area contributed by atoms with E-state index in [4.69, 9.17) is 4.98 Å². The highest BCUT2D eigenvalue weighted by Gasteiger charge is 2.17. The van der Waals surface area contributed by atoms with Crippen LogP contribution in [0.4, 0.5) is 0 Å². The molecule has 2 aromatic heterocycles. The van der Waals surface area contributed by atoms with Gasteiger partial charge in [0.1, 0.15) is 0 Å². The number of pyridine rings is 1. The van der Waals surface area contributed by atoms with Gasteiger partial charge in [0.2, 0.25) is 0 Å². The molecule has 36 heavy (non-hydrogen) atoms. The summed E-state index contributed by atoms with van der Waals surface area (Å²) in [4.78, 5) is 18.3. The predicted octanol–water partition coefficient (Wildman–Crippen LogP) is 6.38. The molecule has 0 fully saturated rings. The van der Waals surface area contributed by atoms with Gasteiger partial charge >= 0.3 is 0 Å². The van der Waals surface area contributed by atoms with Gasteiger partial charge in [-0.25, -0.2) is 9.67 Å². The van der Waals surface area contributed by atoms with Crippen molar-refractivity contribution in [1.29, 1.82) is 0 Å². The van der Waals surface area contributed by atoms with Gasteiger partial charge in [-0.05, 0) is 69.5 Å². The first-order chi connectivity index (χ1) is 17.5. The molecular weight excluding hydrogens is 444 g/mol. The first-order valence-electron chi connectivity index (χ1n) is 12.3. The number of fused-ring (bicyclic) bond motifs is 1. The van der Waals surface area contributed by atoms with Crippen molar-refractivity contribution in [2.45, 2.75) is 33.6 Å². The van der Waals surface area contributed by atoms with E-state index in [1.165, 1.54) is 11.1 Å². The quantitative estimate of drug-likeness (QED) is 0.279. The SMILES string of the molecule is Cc1ccc(-n2ncc(-c3cc(C(=O)NCCCc4ccccc4)c4cc(C)ccc4n3)c2C)cc1. The number of hydrogen-bond donors (Lipinski definition) is 1. The second-order valence-corrected chi connectivity index (χ2v) is 9.31. The normalized spacial score (nSPS) is 11.1. The Hall–Kier alpha value is -4.25. The van der Waals surface area contributed by atoms with Crippen molar-refractivity contribution in [3.8, 4) is 16.9 Å². The molecule has 0 aliphatic rings. The lowest BCUT2D eigenvalue weighted by Gasteiger charge is -2.12. The average molecular weight is 475 g/mol. The van der Waals surface area contributed by atoms with Gasteiger partial charge in [-0.15, -0.1) is 0 Å². The lowest BCUT2D eigenvalue weighted by molar-refractivity contribution is 0.0955. The van der Waals surface area contributed by atoms with Gasteiger partial charge < -0.3 is 5.32 Å². The zero-order valence-corrected chi connectivity index (χ0v) is 21.0. The molecule has 0 saturated carbocycles. The minimum Gasteiger partial charge on any atom is -0.352 e. The number of carbonyl (C=O) groups is 1. The summed E-state index contributed by atoms with van der Waals surface area (Å²) in [6, 6.07) is 26.6. The molecule has 5 nitrogen and oxygen atoms in total. The van der Waals surface area contributed by atoms with Crippen molar-refractivity contribution in [3.05, 3.63) is 113 Å². The van der Waals surface area contributed by atoms with Crippen LogP contribution >= 0.6 is 0 Å². The van der Waals surface area contributed by atoms with Gasteiger partial charge in [0, 0.05) is 17.5 Å². The molecule has 0 unspecified atom stereocenters. The number of hydrogen-bond acceptors (Lipinski definition) is 3. The molecular formula is C31H30N4O. The van der Waals surface area contributed by atoms with Crippen LogP contribution in [0.5, 0.6) is 0 Å². The van der Waals surface area contributed by atoms with Crippen molar-refractivity contribution in [3.63, 3.8) is 0 Å². The second-order valence-electron chi connectivity index (χ2n) is 9.31. The van der Waals surface area contributed by atoms with Crippen molar-refractivity contribution in [2.24, 2.45) is 0 Å². The first kappa shape index (κ1) is 23.5. The molecule has 0 radical (unpaired) electrons. The van der Waals surface area contributed by atoms with E-state index >= 15 is 0 Å². The lowest BCUT2D eigenvalue weighted by atomic mass is 10.0.